The third kappa shape index (κ3) is 6.98. The number of carbonyl (C=O) groups excluding carboxylic acids is 1. The van der Waals surface area contributed by atoms with E-state index in [0.29, 0.717) is 15.6 Å². The van der Waals surface area contributed by atoms with E-state index in [9.17, 15) is 18.0 Å². The molecule has 1 N–H and O–H groups in total. The summed E-state index contributed by atoms with van der Waals surface area (Å²) in [6, 6.07) is 4.77. The molecule has 1 aromatic rings. The van der Waals surface area contributed by atoms with Gasteiger partial charge in [-0.1, -0.05) is 29.3 Å². The van der Waals surface area contributed by atoms with Crippen LogP contribution >= 0.6 is 23.2 Å². The van der Waals surface area contributed by atoms with Crippen molar-refractivity contribution in [3.63, 3.8) is 0 Å². The lowest BCUT2D eigenvalue weighted by Crippen LogP contribution is -2.30. The van der Waals surface area contributed by atoms with Gasteiger partial charge in [0.15, 0.2) is 0 Å². The molecule has 0 unspecified atom stereocenters. The van der Waals surface area contributed by atoms with Crippen LogP contribution in [0.1, 0.15) is 5.56 Å². The van der Waals surface area contributed by atoms with Crippen molar-refractivity contribution >= 4 is 29.1 Å². The Morgan fingerprint density at radius 2 is 1.95 bits per heavy atom. The fourth-order valence-corrected chi connectivity index (χ4v) is 1.67. The number of ether oxygens (including phenoxy) is 1. The standard InChI is InChI=1S/C12H12Cl2F3NO2/c13-9-2-1-8(5-10(9)14)6-11(19)18-3-4-20-7-12(15,16)17/h1-2,5H,3-4,6-7H2,(H,18,19). The molecule has 1 rings (SSSR count). The lowest BCUT2D eigenvalue weighted by Gasteiger charge is -2.08. The first-order chi connectivity index (χ1) is 9.28. The lowest BCUT2D eigenvalue weighted by molar-refractivity contribution is -0.173. The van der Waals surface area contributed by atoms with Gasteiger partial charge in [-0.3, -0.25) is 4.79 Å². The zero-order chi connectivity index (χ0) is 15.2. The van der Waals surface area contributed by atoms with Gasteiger partial charge in [-0.15, -0.1) is 0 Å². The fraction of sp³-hybridized carbons (Fsp3) is 0.417. The van der Waals surface area contributed by atoms with Gasteiger partial charge in [0, 0.05) is 6.54 Å². The Bertz CT molecular complexity index is 467. The lowest BCUT2D eigenvalue weighted by atomic mass is 10.1. The maximum absolute atomic E-state index is 11.8. The van der Waals surface area contributed by atoms with E-state index in [1.165, 1.54) is 0 Å². The average molecular weight is 330 g/mol. The predicted molar refractivity (Wildman–Crippen MR) is 70.0 cm³/mol. The highest BCUT2D eigenvalue weighted by atomic mass is 35.5. The van der Waals surface area contributed by atoms with Crippen molar-refractivity contribution < 1.29 is 22.7 Å². The van der Waals surface area contributed by atoms with Crippen LogP contribution in [0.25, 0.3) is 0 Å². The van der Waals surface area contributed by atoms with Gasteiger partial charge < -0.3 is 10.1 Å². The van der Waals surface area contributed by atoms with Gasteiger partial charge in [-0.2, -0.15) is 13.2 Å². The Balaban J connectivity index is 2.25. The Labute approximate surface area is 124 Å². The Hall–Kier alpha value is -0.980. The number of nitrogens with one attached hydrogen (secondary N) is 1. The van der Waals surface area contributed by atoms with Crippen LogP contribution in [-0.4, -0.2) is 31.8 Å². The van der Waals surface area contributed by atoms with Crippen molar-refractivity contribution in [1.82, 2.24) is 5.32 Å². The third-order valence-corrected chi connectivity index (χ3v) is 2.92. The molecule has 20 heavy (non-hydrogen) atoms. The van der Waals surface area contributed by atoms with Gasteiger partial charge in [0.1, 0.15) is 6.61 Å². The Morgan fingerprint density at radius 3 is 2.55 bits per heavy atom. The first-order valence-electron chi connectivity index (χ1n) is 5.63. The summed E-state index contributed by atoms with van der Waals surface area (Å²) < 4.78 is 39.6. The number of carbonyl (C=O) groups is 1. The molecule has 0 saturated carbocycles. The normalized spacial score (nSPS) is 11.4. The number of hydrogen-bond acceptors (Lipinski definition) is 2. The van der Waals surface area contributed by atoms with Crippen LogP contribution in [0, 0.1) is 0 Å². The first-order valence-corrected chi connectivity index (χ1v) is 6.38. The summed E-state index contributed by atoms with van der Waals surface area (Å²) in [5, 5.41) is 3.17. The molecule has 1 amide bonds. The smallest absolute Gasteiger partial charge is 0.370 e. The number of benzene rings is 1. The fourth-order valence-electron chi connectivity index (χ4n) is 1.35. The summed E-state index contributed by atoms with van der Waals surface area (Å²) in [5.41, 5.74) is 0.660. The summed E-state index contributed by atoms with van der Waals surface area (Å²) in [6.07, 6.45) is -4.29. The number of rotatable bonds is 6. The minimum atomic E-state index is -4.36. The minimum Gasteiger partial charge on any atom is -0.370 e. The van der Waals surface area contributed by atoms with Crippen LogP contribution in [0.4, 0.5) is 13.2 Å². The molecule has 0 aromatic heterocycles. The second-order valence-electron chi connectivity index (χ2n) is 3.94. The first kappa shape index (κ1) is 17.1. The molecule has 1 aromatic carbocycles. The third-order valence-electron chi connectivity index (χ3n) is 2.18. The predicted octanol–water partition coefficient (Wildman–Crippen LogP) is 3.23. The molecule has 0 aliphatic heterocycles. The van der Waals surface area contributed by atoms with Crippen molar-refractivity contribution in [1.29, 1.82) is 0 Å². The summed E-state index contributed by atoms with van der Waals surface area (Å²) in [7, 11) is 0. The van der Waals surface area contributed by atoms with E-state index in [-0.39, 0.29) is 25.5 Å². The van der Waals surface area contributed by atoms with Crippen molar-refractivity contribution in [2.75, 3.05) is 19.8 Å². The molecule has 112 valence electrons. The van der Waals surface area contributed by atoms with Gasteiger partial charge in [-0.05, 0) is 17.7 Å². The van der Waals surface area contributed by atoms with Crippen LogP contribution in [0.3, 0.4) is 0 Å². The Morgan fingerprint density at radius 1 is 1.25 bits per heavy atom. The molecule has 3 nitrogen and oxygen atoms in total. The number of amides is 1. The maximum Gasteiger partial charge on any atom is 0.411 e. The van der Waals surface area contributed by atoms with E-state index < -0.39 is 12.8 Å². The molecular formula is C12H12Cl2F3NO2. The molecular weight excluding hydrogens is 318 g/mol. The van der Waals surface area contributed by atoms with Gasteiger partial charge in [0.25, 0.3) is 0 Å². The average Bonchev–Trinajstić information content (AvgIpc) is 2.32. The van der Waals surface area contributed by atoms with Gasteiger partial charge >= 0.3 is 6.18 Å². The molecule has 0 aliphatic rings. The molecule has 0 radical (unpaired) electrons. The van der Waals surface area contributed by atoms with Gasteiger partial charge in [0.05, 0.1) is 23.1 Å². The van der Waals surface area contributed by atoms with Crippen LogP contribution in [-0.2, 0) is 16.0 Å². The summed E-state index contributed by atoms with van der Waals surface area (Å²) >= 11 is 11.5. The van der Waals surface area contributed by atoms with E-state index in [2.05, 4.69) is 10.1 Å². The topological polar surface area (TPSA) is 38.3 Å². The van der Waals surface area contributed by atoms with Crippen molar-refractivity contribution in [3.05, 3.63) is 33.8 Å². The van der Waals surface area contributed by atoms with E-state index in [1.54, 1.807) is 18.2 Å². The highest BCUT2D eigenvalue weighted by Gasteiger charge is 2.27. The highest BCUT2D eigenvalue weighted by Crippen LogP contribution is 2.22. The van der Waals surface area contributed by atoms with Crippen LogP contribution in [0.2, 0.25) is 10.0 Å². The largest absolute Gasteiger partial charge is 0.411 e. The number of alkyl halides is 3. The summed E-state index contributed by atoms with van der Waals surface area (Å²) in [5.74, 6) is -0.334. The van der Waals surface area contributed by atoms with E-state index in [0.717, 1.165) is 0 Å². The monoisotopic (exact) mass is 329 g/mol. The Kier molecular flexibility index (Phi) is 6.58. The number of hydrogen-bond donors (Lipinski definition) is 1. The van der Waals surface area contributed by atoms with Crippen molar-refractivity contribution in [2.24, 2.45) is 0 Å². The maximum atomic E-state index is 11.8. The molecule has 8 heteroatoms. The molecule has 0 aliphatic carbocycles. The van der Waals surface area contributed by atoms with Crippen LogP contribution < -0.4 is 5.32 Å². The second-order valence-corrected chi connectivity index (χ2v) is 4.76. The quantitative estimate of drug-likeness (QED) is 0.814. The molecule has 0 saturated heterocycles. The molecule has 0 heterocycles. The van der Waals surface area contributed by atoms with E-state index in [1.807, 2.05) is 0 Å². The second kappa shape index (κ2) is 7.71. The minimum absolute atomic E-state index is 0.0102. The summed E-state index contributed by atoms with van der Waals surface area (Å²) in [6.45, 7) is -1.52. The van der Waals surface area contributed by atoms with Crippen molar-refractivity contribution in [3.8, 4) is 0 Å². The van der Waals surface area contributed by atoms with Crippen LogP contribution in [0.5, 0.6) is 0 Å². The molecule has 0 atom stereocenters. The SMILES string of the molecule is O=C(Cc1ccc(Cl)c(Cl)c1)NCCOCC(F)(F)F. The van der Waals surface area contributed by atoms with E-state index in [4.69, 9.17) is 23.2 Å². The van der Waals surface area contributed by atoms with Gasteiger partial charge in [-0.25, -0.2) is 0 Å². The zero-order valence-corrected chi connectivity index (χ0v) is 11.8. The molecule has 0 bridgehead atoms. The summed E-state index contributed by atoms with van der Waals surface area (Å²) in [4.78, 5) is 11.5. The molecule has 0 fully saturated rings. The number of halogens is 5. The zero-order valence-electron chi connectivity index (χ0n) is 10.3. The van der Waals surface area contributed by atoms with Crippen molar-refractivity contribution in [2.45, 2.75) is 12.6 Å². The van der Waals surface area contributed by atoms with Crippen LogP contribution in [0.15, 0.2) is 18.2 Å². The van der Waals surface area contributed by atoms with Gasteiger partial charge in [0.2, 0.25) is 5.91 Å². The molecule has 0 spiro atoms. The van der Waals surface area contributed by atoms with E-state index >= 15 is 0 Å². The highest BCUT2D eigenvalue weighted by molar-refractivity contribution is 6.42.